The Morgan fingerprint density at radius 2 is 0.594 bits per heavy atom. The molecule has 0 aliphatic carbocycles. The van der Waals surface area contributed by atoms with Gasteiger partial charge in [-0.25, -0.2) is 0 Å². The average Bonchev–Trinajstić information content (AvgIpc) is 3.95. The van der Waals surface area contributed by atoms with E-state index >= 15 is 0 Å². The van der Waals surface area contributed by atoms with Crippen LogP contribution >= 0.6 is 0 Å². The van der Waals surface area contributed by atoms with Gasteiger partial charge in [0.05, 0.1) is 49.7 Å². The second kappa shape index (κ2) is 14.3. The summed E-state index contributed by atoms with van der Waals surface area (Å²) < 4.78 is 7.14. The van der Waals surface area contributed by atoms with Crippen molar-refractivity contribution in [2.24, 2.45) is 0 Å². The third-order valence-corrected chi connectivity index (χ3v) is 13.3. The lowest BCUT2D eigenvalue weighted by Crippen LogP contribution is -2.16. The maximum Gasteiger partial charge on any atom is 0.0963 e. The highest BCUT2D eigenvalue weighted by Crippen LogP contribution is 2.46. The summed E-state index contributed by atoms with van der Waals surface area (Å²) in [5.41, 5.74) is 23.6. The number of aryl methyl sites for hydroxylation is 6. The van der Waals surface area contributed by atoms with E-state index in [-0.39, 0.29) is 0 Å². The van der Waals surface area contributed by atoms with Gasteiger partial charge in [0.1, 0.15) is 0 Å². The quantitative estimate of drug-likeness (QED) is 0.168. The van der Waals surface area contributed by atoms with Crippen molar-refractivity contribution < 1.29 is 0 Å². The molecule has 0 saturated heterocycles. The van der Waals surface area contributed by atoms with E-state index in [1.807, 2.05) is 36.8 Å². The molecule has 0 spiro atoms. The summed E-state index contributed by atoms with van der Waals surface area (Å²) in [6.45, 7) is 13.5. The van der Waals surface area contributed by atoms with E-state index < -0.39 is 0 Å². The number of pyridine rings is 3. The highest BCUT2D eigenvalue weighted by molar-refractivity contribution is 6.09. The smallest absolute Gasteiger partial charge is 0.0963 e. The van der Waals surface area contributed by atoms with Crippen LogP contribution in [0.25, 0.3) is 82.9 Å². The predicted octanol–water partition coefficient (Wildman–Crippen LogP) is 14.5. The maximum absolute atomic E-state index is 4.85. The molecule has 6 heterocycles. The van der Waals surface area contributed by atoms with Crippen LogP contribution in [0.4, 0.5) is 17.1 Å². The normalized spacial score (nSPS) is 11.9. The summed E-state index contributed by atoms with van der Waals surface area (Å²) in [7, 11) is 0. The van der Waals surface area contributed by atoms with Gasteiger partial charge in [-0.3, -0.25) is 15.0 Å². The third kappa shape index (κ3) is 5.50. The molecule has 0 radical (unpaired) electrons. The fraction of sp³-hybridized carbons (Fsp3) is 0.105. The van der Waals surface area contributed by atoms with Crippen molar-refractivity contribution in [1.29, 1.82) is 0 Å². The van der Waals surface area contributed by atoms with E-state index in [1.54, 1.807) is 0 Å². The summed E-state index contributed by atoms with van der Waals surface area (Å²) in [5, 5.41) is 3.45. The minimum Gasteiger partial charge on any atom is -0.310 e. The van der Waals surface area contributed by atoms with Crippen LogP contribution in [0.3, 0.4) is 0 Å². The van der Waals surface area contributed by atoms with E-state index in [2.05, 4.69) is 188 Å². The van der Waals surface area contributed by atoms with Gasteiger partial charge in [-0.05, 0) is 166 Å². The first kappa shape index (κ1) is 37.7. The molecule has 0 amide bonds. The van der Waals surface area contributed by atoms with Crippen LogP contribution in [0.15, 0.2) is 164 Å². The third-order valence-electron chi connectivity index (χ3n) is 13.3. The SMILES string of the molecule is Cc1cc(-n2c3ccccc3c3ncccc32)c(C)cc1N(c1cc(C)c(-n2c3ccccc3c3ncccc32)cc1C)c1cc(C)c(-n2c3ccccc3c3ncccc32)cc1C. The summed E-state index contributed by atoms with van der Waals surface area (Å²) >= 11 is 0. The minimum absolute atomic E-state index is 1.01. The lowest BCUT2D eigenvalue weighted by molar-refractivity contribution is 1.10. The zero-order valence-electron chi connectivity index (χ0n) is 36.7. The lowest BCUT2D eigenvalue weighted by atomic mass is 9.99. The molecule has 0 aliphatic rings. The minimum atomic E-state index is 1.01. The molecule has 6 aromatic carbocycles. The first-order chi connectivity index (χ1) is 31.3. The number of aromatic nitrogens is 6. The van der Waals surface area contributed by atoms with Gasteiger partial charge in [0, 0.05) is 68.9 Å². The number of hydrogen-bond donors (Lipinski definition) is 0. The van der Waals surface area contributed by atoms with E-state index in [0.717, 1.165) is 99.9 Å². The Kier molecular flexibility index (Phi) is 8.40. The van der Waals surface area contributed by atoms with E-state index in [0.29, 0.717) is 0 Å². The van der Waals surface area contributed by atoms with E-state index in [1.165, 1.54) is 33.4 Å². The van der Waals surface area contributed by atoms with Crippen LogP contribution in [-0.2, 0) is 0 Å². The number of nitrogens with zero attached hydrogens (tertiary/aromatic N) is 7. The van der Waals surface area contributed by atoms with Crippen LogP contribution < -0.4 is 4.90 Å². The molecule has 0 bridgehead atoms. The van der Waals surface area contributed by atoms with Gasteiger partial charge in [-0.2, -0.15) is 0 Å². The molecule has 308 valence electrons. The van der Waals surface area contributed by atoms with Crippen molar-refractivity contribution >= 4 is 82.9 Å². The van der Waals surface area contributed by atoms with Crippen LogP contribution in [-0.4, -0.2) is 28.7 Å². The Labute approximate surface area is 371 Å². The van der Waals surface area contributed by atoms with Crippen LogP contribution in [0.1, 0.15) is 33.4 Å². The molecule has 6 aromatic heterocycles. The Hall–Kier alpha value is -8.03. The average molecular weight is 828 g/mol. The largest absolute Gasteiger partial charge is 0.310 e. The van der Waals surface area contributed by atoms with Crippen molar-refractivity contribution in [1.82, 2.24) is 28.7 Å². The molecule has 7 nitrogen and oxygen atoms in total. The summed E-state index contributed by atoms with van der Waals surface area (Å²) in [6.07, 6.45) is 5.67. The molecule has 12 aromatic rings. The zero-order chi connectivity index (χ0) is 43.4. The lowest BCUT2D eigenvalue weighted by Gasteiger charge is -2.32. The zero-order valence-corrected chi connectivity index (χ0v) is 36.7. The van der Waals surface area contributed by atoms with Gasteiger partial charge in [0.15, 0.2) is 0 Å². The molecule has 64 heavy (non-hydrogen) atoms. The number of fused-ring (bicyclic) bond motifs is 9. The second-order valence-electron chi connectivity index (χ2n) is 17.3. The topological polar surface area (TPSA) is 56.7 Å². The van der Waals surface area contributed by atoms with Crippen LogP contribution in [0.5, 0.6) is 0 Å². The molecular formula is C57H45N7. The summed E-state index contributed by atoms with van der Waals surface area (Å²) in [6, 6.07) is 52.6. The van der Waals surface area contributed by atoms with Crippen molar-refractivity contribution in [3.05, 3.63) is 198 Å². The van der Waals surface area contributed by atoms with E-state index in [4.69, 9.17) is 15.0 Å². The Bertz CT molecular complexity index is 3320. The van der Waals surface area contributed by atoms with Crippen LogP contribution in [0.2, 0.25) is 0 Å². The van der Waals surface area contributed by atoms with Crippen LogP contribution in [0, 0.1) is 41.5 Å². The first-order valence-electron chi connectivity index (χ1n) is 21.9. The second-order valence-corrected chi connectivity index (χ2v) is 17.3. The van der Waals surface area contributed by atoms with Gasteiger partial charge in [-0.1, -0.05) is 54.6 Å². The number of benzene rings is 6. The van der Waals surface area contributed by atoms with Gasteiger partial charge < -0.3 is 18.6 Å². The fourth-order valence-electron chi connectivity index (χ4n) is 10.3. The van der Waals surface area contributed by atoms with Gasteiger partial charge in [0.25, 0.3) is 0 Å². The Balaban J connectivity index is 1.09. The fourth-order valence-corrected chi connectivity index (χ4v) is 10.3. The van der Waals surface area contributed by atoms with Crippen molar-refractivity contribution in [3.63, 3.8) is 0 Å². The number of anilines is 3. The highest BCUT2D eigenvalue weighted by Gasteiger charge is 2.25. The molecule has 0 atom stereocenters. The predicted molar refractivity (Wildman–Crippen MR) is 266 cm³/mol. The molecule has 0 saturated carbocycles. The standard InChI is InChI=1S/C57H45N7/c1-34-31-52(37(4)28-49(34)61-43-19-10-7-16-40(43)55-46(61)22-13-25-58-55)64(53-32-35(2)50(29-38(53)5)62-44-20-11-8-17-41(44)56-47(62)23-14-26-59-56)54-33-36(3)51(30-39(54)6)63-45-21-12-9-18-42(45)57-48(63)24-15-27-60-57/h7-33H,1-6H3. The summed E-state index contributed by atoms with van der Waals surface area (Å²) in [4.78, 5) is 17.0. The molecule has 0 N–H and O–H groups in total. The van der Waals surface area contributed by atoms with Gasteiger partial charge >= 0.3 is 0 Å². The van der Waals surface area contributed by atoms with Crippen molar-refractivity contribution in [2.75, 3.05) is 4.90 Å². The molecule has 0 aliphatic heterocycles. The molecule has 7 heteroatoms. The first-order valence-corrected chi connectivity index (χ1v) is 21.9. The number of para-hydroxylation sites is 3. The number of hydrogen-bond acceptors (Lipinski definition) is 4. The maximum atomic E-state index is 4.85. The summed E-state index contributed by atoms with van der Waals surface area (Å²) in [5.74, 6) is 0. The molecule has 0 unspecified atom stereocenters. The Morgan fingerprint density at radius 3 is 0.906 bits per heavy atom. The molecule has 12 rings (SSSR count). The Morgan fingerprint density at radius 1 is 0.312 bits per heavy atom. The van der Waals surface area contributed by atoms with Gasteiger partial charge in [0.2, 0.25) is 0 Å². The van der Waals surface area contributed by atoms with E-state index in [9.17, 15) is 0 Å². The highest BCUT2D eigenvalue weighted by atomic mass is 15.2. The molecular weight excluding hydrogens is 783 g/mol. The molecule has 0 fully saturated rings. The van der Waals surface area contributed by atoms with Crippen molar-refractivity contribution in [3.8, 4) is 17.1 Å². The van der Waals surface area contributed by atoms with Crippen molar-refractivity contribution in [2.45, 2.75) is 41.5 Å². The monoisotopic (exact) mass is 827 g/mol. The number of rotatable bonds is 6. The van der Waals surface area contributed by atoms with Gasteiger partial charge in [-0.15, -0.1) is 0 Å².